The predicted octanol–water partition coefficient (Wildman–Crippen LogP) is 0.797. The lowest BCUT2D eigenvalue weighted by Gasteiger charge is -2.33. The lowest BCUT2D eigenvalue weighted by Crippen LogP contribution is -2.49. The fourth-order valence-electron chi connectivity index (χ4n) is 2.06. The first-order valence-electron chi connectivity index (χ1n) is 6.37. The van der Waals surface area contributed by atoms with Crippen molar-refractivity contribution in [2.45, 2.75) is 5.03 Å². The molecule has 2 rings (SSSR count). The van der Waals surface area contributed by atoms with Gasteiger partial charge in [0, 0.05) is 50.5 Å². The Morgan fingerprint density at radius 3 is 2.55 bits per heavy atom. The molecule has 0 radical (unpaired) electrons. The molecule has 8 heteroatoms. The number of piperazine rings is 1. The first kappa shape index (κ1) is 15.8. The van der Waals surface area contributed by atoms with Crippen LogP contribution in [0.4, 0.5) is 0 Å². The molecule has 1 aromatic rings. The van der Waals surface area contributed by atoms with Crippen molar-refractivity contribution in [2.24, 2.45) is 0 Å². The van der Waals surface area contributed by atoms with E-state index in [1.165, 1.54) is 16.6 Å². The number of ether oxygens (including phenoxy) is 1. The maximum absolute atomic E-state index is 12.4. The van der Waals surface area contributed by atoms with Crippen molar-refractivity contribution in [2.75, 3.05) is 46.4 Å². The summed E-state index contributed by atoms with van der Waals surface area (Å²) in [6, 6.07) is 3.21. The van der Waals surface area contributed by atoms with Crippen molar-refractivity contribution in [3.8, 4) is 0 Å². The molecule has 1 saturated heterocycles. The molecular formula is C12H18BrN3O3S. The highest BCUT2D eigenvalue weighted by Crippen LogP contribution is 2.17. The van der Waals surface area contributed by atoms with Crippen LogP contribution in [0.2, 0.25) is 0 Å². The first-order valence-corrected chi connectivity index (χ1v) is 8.60. The summed E-state index contributed by atoms with van der Waals surface area (Å²) in [5.41, 5.74) is 0. The molecule has 0 atom stereocenters. The number of halogens is 1. The third kappa shape index (κ3) is 3.76. The van der Waals surface area contributed by atoms with E-state index in [0.29, 0.717) is 19.7 Å². The van der Waals surface area contributed by atoms with Crippen LogP contribution in [0.5, 0.6) is 0 Å². The Morgan fingerprint density at radius 2 is 2.00 bits per heavy atom. The second-order valence-corrected chi connectivity index (χ2v) is 7.35. The molecule has 0 amide bonds. The molecule has 1 aliphatic heterocycles. The van der Waals surface area contributed by atoms with Gasteiger partial charge in [0.15, 0.2) is 5.03 Å². The highest BCUT2D eigenvalue weighted by atomic mass is 79.9. The third-order valence-electron chi connectivity index (χ3n) is 3.25. The molecule has 1 aliphatic rings. The van der Waals surface area contributed by atoms with Crippen LogP contribution < -0.4 is 0 Å². The minimum absolute atomic E-state index is 0.103. The number of pyridine rings is 1. The summed E-state index contributed by atoms with van der Waals surface area (Å²) < 4.78 is 32.1. The van der Waals surface area contributed by atoms with Crippen LogP contribution in [0.3, 0.4) is 0 Å². The second-order valence-electron chi connectivity index (χ2n) is 4.55. The molecule has 0 unspecified atom stereocenters. The summed E-state index contributed by atoms with van der Waals surface area (Å²) in [7, 11) is -1.81. The van der Waals surface area contributed by atoms with Crippen molar-refractivity contribution in [3.05, 3.63) is 22.8 Å². The van der Waals surface area contributed by atoms with Gasteiger partial charge in [0.2, 0.25) is 0 Å². The van der Waals surface area contributed by atoms with Crippen LogP contribution >= 0.6 is 15.9 Å². The molecule has 6 nitrogen and oxygen atoms in total. The Kier molecular flexibility index (Phi) is 5.50. The Bertz CT molecular complexity index is 527. The molecular weight excluding hydrogens is 346 g/mol. The van der Waals surface area contributed by atoms with Crippen molar-refractivity contribution in [3.63, 3.8) is 0 Å². The summed E-state index contributed by atoms with van der Waals surface area (Å²) >= 11 is 3.25. The second kappa shape index (κ2) is 6.95. The maximum Gasteiger partial charge on any atom is 0.260 e. The van der Waals surface area contributed by atoms with E-state index in [2.05, 4.69) is 25.8 Å². The number of nitrogens with zero attached hydrogens (tertiary/aromatic N) is 3. The maximum atomic E-state index is 12.4. The lowest BCUT2D eigenvalue weighted by molar-refractivity contribution is 0.123. The van der Waals surface area contributed by atoms with E-state index < -0.39 is 10.0 Å². The van der Waals surface area contributed by atoms with E-state index >= 15 is 0 Å². The van der Waals surface area contributed by atoms with Crippen LogP contribution in [0.25, 0.3) is 0 Å². The van der Waals surface area contributed by atoms with Gasteiger partial charge in [-0.3, -0.25) is 4.90 Å². The quantitative estimate of drug-likeness (QED) is 0.773. The number of hydrogen-bond donors (Lipinski definition) is 0. The van der Waals surface area contributed by atoms with Gasteiger partial charge in [-0.15, -0.1) is 0 Å². The summed E-state index contributed by atoms with van der Waals surface area (Å²) in [6.07, 6.45) is 1.50. The molecule has 0 spiro atoms. The molecule has 112 valence electrons. The molecule has 0 N–H and O–H groups in total. The summed E-state index contributed by atoms with van der Waals surface area (Å²) in [5.74, 6) is 0. The Morgan fingerprint density at radius 1 is 1.30 bits per heavy atom. The summed E-state index contributed by atoms with van der Waals surface area (Å²) in [6.45, 7) is 3.92. The molecule has 20 heavy (non-hydrogen) atoms. The van der Waals surface area contributed by atoms with Gasteiger partial charge in [0.05, 0.1) is 6.61 Å². The van der Waals surface area contributed by atoms with Crippen LogP contribution in [0, 0.1) is 0 Å². The van der Waals surface area contributed by atoms with E-state index in [0.717, 1.165) is 24.1 Å². The highest BCUT2D eigenvalue weighted by Gasteiger charge is 2.29. The van der Waals surface area contributed by atoms with Gasteiger partial charge in [-0.25, -0.2) is 13.4 Å². The van der Waals surface area contributed by atoms with Crippen LogP contribution in [0.15, 0.2) is 27.8 Å². The van der Waals surface area contributed by atoms with E-state index in [-0.39, 0.29) is 5.03 Å². The van der Waals surface area contributed by atoms with Gasteiger partial charge in [-0.1, -0.05) is 0 Å². The smallest absolute Gasteiger partial charge is 0.260 e. The predicted molar refractivity (Wildman–Crippen MR) is 79.0 cm³/mol. The average molecular weight is 364 g/mol. The SMILES string of the molecule is COCCN1CCN(S(=O)(=O)c2ccc(Br)cn2)CC1. The third-order valence-corrected chi connectivity index (χ3v) is 5.53. The first-order chi connectivity index (χ1) is 9.54. The van der Waals surface area contributed by atoms with Gasteiger partial charge in [-0.05, 0) is 28.1 Å². The number of hydrogen-bond acceptors (Lipinski definition) is 5. The van der Waals surface area contributed by atoms with Crippen LogP contribution in [-0.2, 0) is 14.8 Å². The standard InChI is InChI=1S/C12H18BrN3O3S/c1-19-9-8-15-4-6-16(7-5-15)20(17,18)12-3-2-11(13)10-14-12/h2-3,10H,4-9H2,1H3. The molecule has 1 aromatic heterocycles. The largest absolute Gasteiger partial charge is 0.383 e. The number of methoxy groups -OCH3 is 1. The highest BCUT2D eigenvalue weighted by molar-refractivity contribution is 9.10. The normalized spacial score (nSPS) is 18.3. The van der Waals surface area contributed by atoms with E-state index in [9.17, 15) is 8.42 Å². The number of aromatic nitrogens is 1. The van der Waals surface area contributed by atoms with Gasteiger partial charge >= 0.3 is 0 Å². The summed E-state index contributed by atoms with van der Waals surface area (Å²) in [5, 5.41) is 0.103. The fraction of sp³-hybridized carbons (Fsp3) is 0.583. The van der Waals surface area contributed by atoms with Gasteiger partial charge in [0.25, 0.3) is 10.0 Å². The zero-order valence-electron chi connectivity index (χ0n) is 11.3. The van der Waals surface area contributed by atoms with Gasteiger partial charge in [0.1, 0.15) is 0 Å². The Labute approximate surface area is 127 Å². The van der Waals surface area contributed by atoms with Crippen LogP contribution in [0.1, 0.15) is 0 Å². The molecule has 0 aromatic carbocycles. The van der Waals surface area contributed by atoms with Crippen molar-refractivity contribution in [1.29, 1.82) is 0 Å². The van der Waals surface area contributed by atoms with E-state index in [1.807, 2.05) is 0 Å². The zero-order valence-corrected chi connectivity index (χ0v) is 13.7. The minimum Gasteiger partial charge on any atom is -0.383 e. The topological polar surface area (TPSA) is 62.7 Å². The molecule has 0 aliphatic carbocycles. The lowest BCUT2D eigenvalue weighted by atomic mass is 10.4. The average Bonchev–Trinajstić information content (AvgIpc) is 2.46. The van der Waals surface area contributed by atoms with Crippen molar-refractivity contribution < 1.29 is 13.2 Å². The zero-order chi connectivity index (χ0) is 14.6. The molecule has 0 bridgehead atoms. The van der Waals surface area contributed by atoms with Crippen molar-refractivity contribution in [1.82, 2.24) is 14.2 Å². The van der Waals surface area contributed by atoms with Crippen molar-refractivity contribution >= 4 is 26.0 Å². The number of rotatable bonds is 5. The molecule has 2 heterocycles. The monoisotopic (exact) mass is 363 g/mol. The van der Waals surface area contributed by atoms with Gasteiger partial charge in [-0.2, -0.15) is 4.31 Å². The van der Waals surface area contributed by atoms with Crippen LogP contribution in [-0.4, -0.2) is 69.0 Å². The Hall–Kier alpha value is -0.540. The minimum atomic E-state index is -3.48. The number of sulfonamides is 1. The van der Waals surface area contributed by atoms with E-state index in [4.69, 9.17) is 4.74 Å². The Balaban J connectivity index is 2.00. The molecule has 0 saturated carbocycles. The fourth-order valence-corrected chi connectivity index (χ4v) is 3.63. The van der Waals surface area contributed by atoms with E-state index in [1.54, 1.807) is 13.2 Å². The van der Waals surface area contributed by atoms with Gasteiger partial charge < -0.3 is 4.74 Å². The summed E-state index contributed by atoms with van der Waals surface area (Å²) in [4.78, 5) is 6.18. The molecule has 1 fully saturated rings.